The molecule has 0 bridgehead atoms. The molecule has 108 valence electrons. The summed E-state index contributed by atoms with van der Waals surface area (Å²) in [7, 11) is 3.25. The highest BCUT2D eigenvalue weighted by molar-refractivity contribution is 5.81. The summed E-state index contributed by atoms with van der Waals surface area (Å²) in [6.45, 7) is 8.36. The van der Waals surface area contributed by atoms with E-state index >= 15 is 0 Å². The topological polar surface area (TPSA) is 9.23 Å². The molecule has 1 heteroatoms. The van der Waals surface area contributed by atoms with Gasteiger partial charge in [-0.1, -0.05) is 89.1 Å². The average molecular weight is 262 g/mol. The zero-order valence-corrected chi connectivity index (χ0v) is 13.4. The molecule has 0 aliphatic carbocycles. The van der Waals surface area contributed by atoms with E-state index in [2.05, 4.69) is 67.1 Å². The lowest BCUT2D eigenvalue weighted by atomic mass is 10.1. The molecular formula is C18H30O. The zero-order valence-electron chi connectivity index (χ0n) is 13.4. The first-order valence-corrected chi connectivity index (χ1v) is 7.14. The monoisotopic (exact) mass is 262 g/mol. The zero-order chi connectivity index (χ0) is 14.9. The van der Waals surface area contributed by atoms with E-state index in [1.54, 1.807) is 14.2 Å². The largest absolute Gasteiger partial charge is 0.388 e. The third-order valence-corrected chi connectivity index (χ3v) is 2.16. The SMILES string of the molecule is CC.CCCC.COC.c1ccc2ccccc2c1. The van der Waals surface area contributed by atoms with E-state index in [1.807, 2.05) is 13.8 Å². The third kappa shape index (κ3) is 11.5. The Morgan fingerprint density at radius 2 is 0.895 bits per heavy atom. The molecule has 2 rings (SSSR count). The van der Waals surface area contributed by atoms with Crippen molar-refractivity contribution in [3.63, 3.8) is 0 Å². The predicted molar refractivity (Wildman–Crippen MR) is 88.8 cm³/mol. The quantitative estimate of drug-likeness (QED) is 0.618. The number of methoxy groups -OCH3 is 1. The fourth-order valence-electron chi connectivity index (χ4n) is 1.13. The van der Waals surface area contributed by atoms with Gasteiger partial charge in [-0.25, -0.2) is 0 Å². The highest BCUT2D eigenvalue weighted by Crippen LogP contribution is 2.11. The van der Waals surface area contributed by atoms with Crippen LogP contribution < -0.4 is 0 Å². The molecule has 0 aliphatic heterocycles. The van der Waals surface area contributed by atoms with Crippen molar-refractivity contribution in [2.75, 3.05) is 14.2 Å². The molecule has 0 radical (unpaired) electrons. The maximum absolute atomic E-state index is 4.25. The first kappa shape index (κ1) is 20.0. The van der Waals surface area contributed by atoms with Gasteiger partial charge in [-0.05, 0) is 10.8 Å². The number of unbranched alkanes of at least 4 members (excludes halogenated alkanes) is 1. The van der Waals surface area contributed by atoms with Crippen LogP contribution in [0.3, 0.4) is 0 Å². The van der Waals surface area contributed by atoms with Crippen LogP contribution in [0.1, 0.15) is 40.5 Å². The molecule has 1 nitrogen and oxygen atoms in total. The van der Waals surface area contributed by atoms with Crippen molar-refractivity contribution in [2.24, 2.45) is 0 Å². The molecule has 0 aromatic heterocycles. The minimum Gasteiger partial charge on any atom is -0.388 e. The third-order valence-electron chi connectivity index (χ3n) is 2.16. The Kier molecular flexibility index (Phi) is 17.5. The number of benzene rings is 2. The Morgan fingerprint density at radius 3 is 1.05 bits per heavy atom. The molecule has 0 unspecified atom stereocenters. The molecule has 0 heterocycles. The second kappa shape index (κ2) is 16.7. The van der Waals surface area contributed by atoms with E-state index in [1.165, 1.54) is 23.6 Å². The standard InChI is InChI=1S/C10H8.C4H10.C2H6O.C2H6/c1-2-6-10-8-4-3-7-9(10)5-1;1-3-4-2;1-3-2;1-2/h1-8H;3-4H2,1-2H3;1-2H3;1-2H3. The van der Waals surface area contributed by atoms with Crippen LogP contribution in [0, 0.1) is 0 Å². The molecule has 0 fully saturated rings. The van der Waals surface area contributed by atoms with Crippen molar-refractivity contribution in [1.29, 1.82) is 0 Å². The molecule has 0 spiro atoms. The van der Waals surface area contributed by atoms with Crippen molar-refractivity contribution >= 4 is 10.8 Å². The Bertz CT molecular complexity index is 315. The molecule has 0 aliphatic rings. The van der Waals surface area contributed by atoms with Gasteiger partial charge in [-0.15, -0.1) is 0 Å². The summed E-state index contributed by atoms with van der Waals surface area (Å²) in [5, 5.41) is 2.62. The van der Waals surface area contributed by atoms with Gasteiger partial charge in [-0.2, -0.15) is 0 Å². The summed E-state index contributed by atoms with van der Waals surface area (Å²) in [6.07, 6.45) is 2.64. The highest BCUT2D eigenvalue weighted by atomic mass is 16.4. The van der Waals surface area contributed by atoms with E-state index in [9.17, 15) is 0 Å². The lowest BCUT2D eigenvalue weighted by molar-refractivity contribution is 0.277. The molecule has 2 aromatic carbocycles. The minimum absolute atomic E-state index is 1.31. The second-order valence-electron chi connectivity index (χ2n) is 3.76. The van der Waals surface area contributed by atoms with Crippen molar-refractivity contribution in [2.45, 2.75) is 40.5 Å². The lowest BCUT2D eigenvalue weighted by Crippen LogP contribution is -1.67. The number of hydrogen-bond acceptors (Lipinski definition) is 1. The van der Waals surface area contributed by atoms with Gasteiger partial charge in [-0.3, -0.25) is 0 Å². The van der Waals surface area contributed by atoms with Gasteiger partial charge >= 0.3 is 0 Å². The van der Waals surface area contributed by atoms with Gasteiger partial charge in [0.2, 0.25) is 0 Å². The fourth-order valence-corrected chi connectivity index (χ4v) is 1.13. The van der Waals surface area contributed by atoms with Crippen molar-refractivity contribution < 1.29 is 4.74 Å². The average Bonchev–Trinajstić information content (AvgIpc) is 2.50. The molecular weight excluding hydrogens is 232 g/mol. The van der Waals surface area contributed by atoms with Gasteiger partial charge < -0.3 is 4.74 Å². The maximum atomic E-state index is 4.25. The number of fused-ring (bicyclic) bond motifs is 1. The Balaban J connectivity index is 0. The molecule has 19 heavy (non-hydrogen) atoms. The van der Waals surface area contributed by atoms with Crippen LogP contribution in [0.5, 0.6) is 0 Å². The predicted octanol–water partition coefficient (Wildman–Crippen LogP) is 5.94. The van der Waals surface area contributed by atoms with E-state index in [0.29, 0.717) is 0 Å². The van der Waals surface area contributed by atoms with E-state index in [-0.39, 0.29) is 0 Å². The van der Waals surface area contributed by atoms with Crippen LogP contribution in [0.4, 0.5) is 0 Å². The first-order chi connectivity index (χ1) is 9.29. The van der Waals surface area contributed by atoms with E-state index in [0.717, 1.165) is 0 Å². The van der Waals surface area contributed by atoms with Crippen LogP contribution >= 0.6 is 0 Å². The first-order valence-electron chi connectivity index (χ1n) is 7.14. The normalized spacial score (nSPS) is 8.11. The maximum Gasteiger partial charge on any atom is 0.0351 e. The van der Waals surface area contributed by atoms with Gasteiger partial charge in [0.15, 0.2) is 0 Å². The molecule has 0 N–H and O–H groups in total. The van der Waals surface area contributed by atoms with E-state index < -0.39 is 0 Å². The molecule has 0 saturated heterocycles. The number of hydrogen-bond donors (Lipinski definition) is 0. The summed E-state index contributed by atoms with van der Waals surface area (Å²) in [5.74, 6) is 0. The Labute approximate surface area is 119 Å². The fraction of sp³-hybridized carbons (Fsp3) is 0.444. The summed E-state index contributed by atoms with van der Waals surface area (Å²) in [4.78, 5) is 0. The van der Waals surface area contributed by atoms with Crippen LogP contribution in [0.25, 0.3) is 10.8 Å². The Hall–Kier alpha value is -1.34. The smallest absolute Gasteiger partial charge is 0.0351 e. The summed E-state index contributed by atoms with van der Waals surface area (Å²) < 4.78 is 4.25. The van der Waals surface area contributed by atoms with Crippen LogP contribution in [0.2, 0.25) is 0 Å². The highest BCUT2D eigenvalue weighted by Gasteiger charge is 1.85. The number of rotatable bonds is 1. The van der Waals surface area contributed by atoms with Crippen LogP contribution in [-0.4, -0.2) is 14.2 Å². The van der Waals surface area contributed by atoms with E-state index in [4.69, 9.17) is 0 Å². The molecule has 0 atom stereocenters. The van der Waals surface area contributed by atoms with Gasteiger partial charge in [0.1, 0.15) is 0 Å². The van der Waals surface area contributed by atoms with Crippen LogP contribution in [0.15, 0.2) is 48.5 Å². The molecule has 0 amide bonds. The molecule has 2 aromatic rings. The molecule has 0 saturated carbocycles. The minimum atomic E-state index is 1.31. The van der Waals surface area contributed by atoms with Crippen molar-refractivity contribution in [1.82, 2.24) is 0 Å². The van der Waals surface area contributed by atoms with Crippen molar-refractivity contribution in [3.8, 4) is 0 Å². The Morgan fingerprint density at radius 1 is 0.684 bits per heavy atom. The lowest BCUT2D eigenvalue weighted by Gasteiger charge is -1.92. The summed E-state index contributed by atoms with van der Waals surface area (Å²) >= 11 is 0. The summed E-state index contributed by atoms with van der Waals surface area (Å²) in [5.41, 5.74) is 0. The number of ether oxygens (including phenoxy) is 1. The second-order valence-corrected chi connectivity index (χ2v) is 3.76. The van der Waals surface area contributed by atoms with Gasteiger partial charge in [0.25, 0.3) is 0 Å². The van der Waals surface area contributed by atoms with Crippen LogP contribution in [-0.2, 0) is 4.74 Å². The van der Waals surface area contributed by atoms with Gasteiger partial charge in [0, 0.05) is 14.2 Å². The van der Waals surface area contributed by atoms with Gasteiger partial charge in [0.05, 0.1) is 0 Å². The summed E-state index contributed by atoms with van der Waals surface area (Å²) in [6, 6.07) is 16.7. The van der Waals surface area contributed by atoms with Crippen molar-refractivity contribution in [3.05, 3.63) is 48.5 Å².